The molecule has 0 bridgehead atoms. The highest BCUT2D eigenvalue weighted by atomic mass is 32.2. The summed E-state index contributed by atoms with van der Waals surface area (Å²) < 4.78 is 32.0. The zero-order chi connectivity index (χ0) is 20.0. The van der Waals surface area contributed by atoms with Gasteiger partial charge in [-0.05, 0) is 50.2 Å². The number of sulfonamides is 1. The Morgan fingerprint density at radius 1 is 1.07 bits per heavy atom. The zero-order valence-electron chi connectivity index (χ0n) is 14.9. The number of amides is 2. The van der Waals surface area contributed by atoms with E-state index in [9.17, 15) is 18.0 Å². The maximum atomic E-state index is 12.5. The molecule has 2 amide bonds. The Labute approximate surface area is 157 Å². The van der Waals surface area contributed by atoms with Crippen molar-refractivity contribution >= 4 is 27.5 Å². The van der Waals surface area contributed by atoms with Gasteiger partial charge in [-0.2, -0.15) is 0 Å². The number of hydrogen-bond acceptors (Lipinski definition) is 5. The van der Waals surface area contributed by atoms with Crippen LogP contribution >= 0.6 is 0 Å². The van der Waals surface area contributed by atoms with Crippen molar-refractivity contribution in [2.24, 2.45) is 5.73 Å². The van der Waals surface area contributed by atoms with Gasteiger partial charge in [0.1, 0.15) is 5.75 Å². The predicted octanol–water partition coefficient (Wildman–Crippen LogP) is 1.49. The third-order valence-corrected chi connectivity index (χ3v) is 4.99. The van der Waals surface area contributed by atoms with Gasteiger partial charge in [-0.25, -0.2) is 13.1 Å². The van der Waals surface area contributed by atoms with E-state index in [2.05, 4.69) is 10.0 Å². The van der Waals surface area contributed by atoms with Crippen LogP contribution in [-0.2, 0) is 14.8 Å². The SMILES string of the molecule is CC(C)NS(=O)(=O)c1ccc(NC(=O)c2ccccc2OCC(N)=O)cc1. The van der Waals surface area contributed by atoms with Crippen molar-refractivity contribution in [3.8, 4) is 5.75 Å². The highest BCUT2D eigenvalue weighted by Crippen LogP contribution is 2.20. The van der Waals surface area contributed by atoms with Crippen molar-refractivity contribution in [3.63, 3.8) is 0 Å². The summed E-state index contributed by atoms with van der Waals surface area (Å²) in [6.45, 7) is 3.10. The van der Waals surface area contributed by atoms with E-state index in [1.165, 1.54) is 30.3 Å². The second-order valence-electron chi connectivity index (χ2n) is 6.01. The maximum absolute atomic E-state index is 12.5. The number of carbonyl (C=O) groups is 2. The largest absolute Gasteiger partial charge is 0.483 e. The molecule has 9 heteroatoms. The summed E-state index contributed by atoms with van der Waals surface area (Å²) in [6.07, 6.45) is 0. The molecule has 0 atom stereocenters. The molecule has 0 aliphatic heterocycles. The van der Waals surface area contributed by atoms with Crippen molar-refractivity contribution in [1.29, 1.82) is 0 Å². The number of nitrogens with two attached hydrogens (primary N) is 1. The molecule has 0 unspecified atom stereocenters. The van der Waals surface area contributed by atoms with Crippen LogP contribution < -0.4 is 20.5 Å². The standard InChI is InChI=1S/C18H21N3O5S/c1-12(2)21-27(24,25)14-9-7-13(8-10-14)20-18(23)15-5-3-4-6-16(15)26-11-17(19)22/h3-10,12,21H,11H2,1-2H3,(H2,19,22)(H,20,23). The minimum Gasteiger partial charge on any atom is -0.483 e. The second kappa shape index (κ2) is 8.65. The molecule has 0 radical (unpaired) electrons. The number of rotatable bonds is 8. The summed E-state index contributed by atoms with van der Waals surface area (Å²) >= 11 is 0. The molecule has 0 spiro atoms. The van der Waals surface area contributed by atoms with Crippen molar-refractivity contribution < 1.29 is 22.7 Å². The third-order valence-electron chi connectivity index (χ3n) is 3.31. The van der Waals surface area contributed by atoms with E-state index >= 15 is 0 Å². The van der Waals surface area contributed by atoms with Crippen LogP contribution in [0.3, 0.4) is 0 Å². The van der Waals surface area contributed by atoms with Crippen LogP contribution in [0.15, 0.2) is 53.4 Å². The van der Waals surface area contributed by atoms with Crippen molar-refractivity contribution in [2.75, 3.05) is 11.9 Å². The van der Waals surface area contributed by atoms with Gasteiger partial charge in [0.05, 0.1) is 10.5 Å². The Morgan fingerprint density at radius 2 is 1.70 bits per heavy atom. The van der Waals surface area contributed by atoms with Crippen LogP contribution in [0.5, 0.6) is 5.75 Å². The van der Waals surface area contributed by atoms with Gasteiger partial charge in [0.25, 0.3) is 11.8 Å². The van der Waals surface area contributed by atoms with Crippen molar-refractivity contribution in [3.05, 3.63) is 54.1 Å². The lowest BCUT2D eigenvalue weighted by Gasteiger charge is -2.12. The number of ether oxygens (including phenoxy) is 1. The van der Waals surface area contributed by atoms with E-state index in [0.717, 1.165) is 0 Å². The van der Waals surface area contributed by atoms with Crippen LogP contribution in [-0.4, -0.2) is 32.9 Å². The lowest BCUT2D eigenvalue weighted by atomic mass is 10.2. The molecule has 4 N–H and O–H groups in total. The average Bonchev–Trinajstić information content (AvgIpc) is 2.59. The molecule has 0 aromatic heterocycles. The van der Waals surface area contributed by atoms with Gasteiger partial charge in [-0.3, -0.25) is 9.59 Å². The maximum Gasteiger partial charge on any atom is 0.259 e. The normalized spacial score (nSPS) is 11.2. The smallest absolute Gasteiger partial charge is 0.259 e. The van der Waals surface area contributed by atoms with E-state index in [0.29, 0.717) is 5.69 Å². The lowest BCUT2D eigenvalue weighted by Crippen LogP contribution is -2.30. The van der Waals surface area contributed by atoms with Gasteiger partial charge in [0.2, 0.25) is 10.0 Å². The first-order chi connectivity index (χ1) is 12.7. The highest BCUT2D eigenvalue weighted by molar-refractivity contribution is 7.89. The first-order valence-corrected chi connectivity index (χ1v) is 9.61. The van der Waals surface area contributed by atoms with E-state index in [-0.39, 0.29) is 28.9 Å². The summed E-state index contributed by atoms with van der Waals surface area (Å²) in [6, 6.07) is 11.9. The molecule has 2 aromatic carbocycles. The molecule has 0 saturated carbocycles. The minimum atomic E-state index is -3.61. The fourth-order valence-corrected chi connectivity index (χ4v) is 3.47. The van der Waals surface area contributed by atoms with Gasteiger partial charge in [0.15, 0.2) is 6.61 Å². The summed E-state index contributed by atoms with van der Waals surface area (Å²) in [5.74, 6) is -0.905. The van der Waals surface area contributed by atoms with Gasteiger partial charge in [-0.1, -0.05) is 12.1 Å². The molecular formula is C18H21N3O5S. The van der Waals surface area contributed by atoms with Crippen molar-refractivity contribution in [1.82, 2.24) is 4.72 Å². The van der Waals surface area contributed by atoms with Crippen LogP contribution in [0.25, 0.3) is 0 Å². The Morgan fingerprint density at radius 3 is 2.30 bits per heavy atom. The topological polar surface area (TPSA) is 128 Å². The number of primary amides is 1. The van der Waals surface area contributed by atoms with E-state index < -0.39 is 21.8 Å². The number of hydrogen-bond donors (Lipinski definition) is 3. The first-order valence-electron chi connectivity index (χ1n) is 8.13. The summed E-state index contributed by atoms with van der Waals surface area (Å²) in [5, 5.41) is 2.66. The summed E-state index contributed by atoms with van der Waals surface area (Å²) in [7, 11) is -3.61. The highest BCUT2D eigenvalue weighted by Gasteiger charge is 2.16. The van der Waals surface area contributed by atoms with E-state index in [1.807, 2.05) is 0 Å². The molecule has 0 aliphatic rings. The third kappa shape index (κ3) is 5.80. The number of nitrogens with one attached hydrogen (secondary N) is 2. The fraction of sp³-hybridized carbons (Fsp3) is 0.222. The first kappa shape index (κ1) is 20.4. The molecule has 0 fully saturated rings. The van der Waals surface area contributed by atoms with Gasteiger partial charge in [-0.15, -0.1) is 0 Å². The van der Waals surface area contributed by atoms with Crippen LogP contribution in [0.2, 0.25) is 0 Å². The van der Waals surface area contributed by atoms with E-state index in [1.54, 1.807) is 32.0 Å². The van der Waals surface area contributed by atoms with Gasteiger partial charge < -0.3 is 15.8 Å². The summed E-state index contributed by atoms with van der Waals surface area (Å²) in [4.78, 5) is 23.4. The van der Waals surface area contributed by atoms with Gasteiger partial charge >= 0.3 is 0 Å². The van der Waals surface area contributed by atoms with Gasteiger partial charge in [0, 0.05) is 11.7 Å². The Balaban J connectivity index is 2.14. The zero-order valence-corrected chi connectivity index (χ0v) is 15.7. The monoisotopic (exact) mass is 391 g/mol. The Bertz CT molecular complexity index is 924. The molecule has 0 saturated heterocycles. The Hall–Kier alpha value is -2.91. The molecule has 8 nitrogen and oxygen atoms in total. The molecule has 2 rings (SSSR count). The van der Waals surface area contributed by atoms with E-state index in [4.69, 9.17) is 10.5 Å². The lowest BCUT2D eigenvalue weighted by molar-refractivity contribution is -0.119. The van der Waals surface area contributed by atoms with Crippen molar-refractivity contribution in [2.45, 2.75) is 24.8 Å². The number of carbonyl (C=O) groups excluding carboxylic acids is 2. The number of para-hydroxylation sites is 1. The molecule has 27 heavy (non-hydrogen) atoms. The predicted molar refractivity (Wildman–Crippen MR) is 101 cm³/mol. The molecule has 0 heterocycles. The molecule has 144 valence electrons. The number of benzene rings is 2. The molecule has 0 aliphatic carbocycles. The quantitative estimate of drug-likeness (QED) is 0.628. The number of anilines is 1. The second-order valence-corrected chi connectivity index (χ2v) is 7.72. The molecule has 2 aromatic rings. The summed E-state index contributed by atoms with van der Waals surface area (Å²) in [5.41, 5.74) is 5.68. The fourth-order valence-electron chi connectivity index (χ4n) is 2.22. The minimum absolute atomic E-state index is 0.0967. The van der Waals surface area contributed by atoms with Crippen LogP contribution in [0.1, 0.15) is 24.2 Å². The van der Waals surface area contributed by atoms with Crippen LogP contribution in [0, 0.1) is 0 Å². The molecular weight excluding hydrogens is 370 g/mol. The average molecular weight is 391 g/mol. The van der Waals surface area contributed by atoms with Crippen LogP contribution in [0.4, 0.5) is 5.69 Å². The Kier molecular flexibility index (Phi) is 6.54.